The first-order valence-corrected chi connectivity index (χ1v) is 9.38. The van der Waals surface area contributed by atoms with Gasteiger partial charge < -0.3 is 25.4 Å². The zero-order valence-corrected chi connectivity index (χ0v) is 16.7. The summed E-state index contributed by atoms with van der Waals surface area (Å²) in [5.41, 5.74) is 1.42. The standard InChI is InChI=1S/C21H29NO6/c1-12(2)6-5-9-21(4)17(24)11-15-10-14(7-8-16(15)28-21)19(25)22-18(13(3)23)20(26)27/h6-8,10,13,17-18,23-24H,5,9,11H2,1-4H3,(H,22,25)(H,26,27). The van der Waals surface area contributed by atoms with Crippen molar-refractivity contribution in [2.24, 2.45) is 0 Å². The predicted molar refractivity (Wildman–Crippen MR) is 104 cm³/mol. The Bertz CT molecular complexity index is 768. The number of hydrogen-bond acceptors (Lipinski definition) is 5. The smallest absolute Gasteiger partial charge is 0.328 e. The van der Waals surface area contributed by atoms with Gasteiger partial charge in [-0.15, -0.1) is 0 Å². The molecule has 0 spiro atoms. The molecule has 4 N–H and O–H groups in total. The summed E-state index contributed by atoms with van der Waals surface area (Å²) in [6, 6.07) is 3.39. The fourth-order valence-electron chi connectivity index (χ4n) is 3.20. The van der Waals surface area contributed by atoms with Crippen molar-refractivity contribution in [1.29, 1.82) is 0 Å². The number of aliphatic carboxylic acids is 1. The molecule has 0 fully saturated rings. The fourth-order valence-corrected chi connectivity index (χ4v) is 3.20. The van der Waals surface area contributed by atoms with Crippen LogP contribution in [0.4, 0.5) is 0 Å². The molecule has 0 aliphatic carbocycles. The Kier molecular flexibility index (Phi) is 6.85. The molecule has 0 bridgehead atoms. The molecule has 4 unspecified atom stereocenters. The van der Waals surface area contributed by atoms with Gasteiger partial charge in [0.2, 0.25) is 0 Å². The van der Waals surface area contributed by atoms with E-state index < -0.39 is 35.7 Å². The van der Waals surface area contributed by atoms with Gasteiger partial charge in [0.05, 0.1) is 12.2 Å². The van der Waals surface area contributed by atoms with Crippen LogP contribution in [0.5, 0.6) is 5.75 Å². The van der Waals surface area contributed by atoms with E-state index in [0.29, 0.717) is 24.2 Å². The zero-order chi connectivity index (χ0) is 21.1. The van der Waals surface area contributed by atoms with Crippen molar-refractivity contribution in [3.8, 4) is 5.75 Å². The third kappa shape index (κ3) is 5.11. The van der Waals surface area contributed by atoms with Gasteiger partial charge in [-0.2, -0.15) is 0 Å². The molecule has 0 saturated heterocycles. The molecule has 1 aromatic carbocycles. The number of fused-ring (bicyclic) bond motifs is 1. The van der Waals surface area contributed by atoms with Crippen LogP contribution in [0.2, 0.25) is 0 Å². The number of amides is 1. The molecular formula is C21H29NO6. The van der Waals surface area contributed by atoms with E-state index in [1.54, 1.807) is 18.2 Å². The van der Waals surface area contributed by atoms with Crippen LogP contribution in [0.25, 0.3) is 0 Å². The first kappa shape index (κ1) is 21.9. The second-order valence-electron chi connectivity index (χ2n) is 7.81. The van der Waals surface area contributed by atoms with Crippen LogP contribution in [0, 0.1) is 0 Å². The minimum atomic E-state index is -1.40. The molecule has 0 aromatic heterocycles. The Hall–Kier alpha value is -2.38. The molecule has 1 aliphatic rings. The van der Waals surface area contributed by atoms with Gasteiger partial charge >= 0.3 is 5.97 Å². The summed E-state index contributed by atoms with van der Waals surface area (Å²) in [7, 11) is 0. The van der Waals surface area contributed by atoms with E-state index in [1.165, 1.54) is 12.5 Å². The van der Waals surface area contributed by atoms with Gasteiger partial charge in [-0.3, -0.25) is 4.79 Å². The van der Waals surface area contributed by atoms with Crippen LogP contribution in [-0.2, 0) is 11.2 Å². The number of allylic oxidation sites excluding steroid dienone is 2. The summed E-state index contributed by atoms with van der Waals surface area (Å²) in [5, 5.41) is 31.5. The number of rotatable bonds is 7. The Morgan fingerprint density at radius 2 is 2.07 bits per heavy atom. The minimum absolute atomic E-state index is 0.245. The minimum Gasteiger partial charge on any atom is -0.485 e. The highest BCUT2D eigenvalue weighted by molar-refractivity contribution is 5.97. The van der Waals surface area contributed by atoms with E-state index in [2.05, 4.69) is 11.4 Å². The van der Waals surface area contributed by atoms with Crippen molar-refractivity contribution >= 4 is 11.9 Å². The summed E-state index contributed by atoms with van der Waals surface area (Å²) < 4.78 is 6.06. The van der Waals surface area contributed by atoms with E-state index in [9.17, 15) is 19.8 Å². The van der Waals surface area contributed by atoms with Gasteiger partial charge in [-0.1, -0.05) is 11.6 Å². The van der Waals surface area contributed by atoms with Crippen molar-refractivity contribution in [2.45, 2.75) is 70.8 Å². The van der Waals surface area contributed by atoms with Crippen molar-refractivity contribution in [3.05, 3.63) is 41.0 Å². The van der Waals surface area contributed by atoms with Crippen molar-refractivity contribution in [1.82, 2.24) is 5.32 Å². The molecule has 0 radical (unpaired) electrons. The number of carboxylic acids is 1. The van der Waals surface area contributed by atoms with Crippen LogP contribution in [0.15, 0.2) is 29.8 Å². The first-order valence-electron chi connectivity index (χ1n) is 9.38. The molecule has 7 nitrogen and oxygen atoms in total. The maximum atomic E-state index is 12.4. The van der Waals surface area contributed by atoms with E-state index in [1.807, 2.05) is 20.8 Å². The number of carbonyl (C=O) groups is 2. The van der Waals surface area contributed by atoms with E-state index in [4.69, 9.17) is 9.84 Å². The first-order chi connectivity index (χ1) is 13.0. The van der Waals surface area contributed by atoms with Crippen LogP contribution in [-0.4, -0.2) is 51.0 Å². The van der Waals surface area contributed by atoms with Crippen LogP contribution in [0.3, 0.4) is 0 Å². The zero-order valence-electron chi connectivity index (χ0n) is 16.7. The van der Waals surface area contributed by atoms with Crippen molar-refractivity contribution in [3.63, 3.8) is 0 Å². The summed E-state index contributed by atoms with van der Waals surface area (Å²) in [4.78, 5) is 23.5. The highest BCUT2D eigenvalue weighted by Gasteiger charge is 2.39. The Morgan fingerprint density at radius 1 is 1.39 bits per heavy atom. The Morgan fingerprint density at radius 3 is 2.64 bits per heavy atom. The van der Waals surface area contributed by atoms with Crippen LogP contribution in [0.1, 0.15) is 56.5 Å². The number of nitrogens with one attached hydrogen (secondary N) is 1. The number of aliphatic hydroxyl groups is 2. The van der Waals surface area contributed by atoms with E-state index >= 15 is 0 Å². The molecule has 1 amide bonds. The summed E-state index contributed by atoms with van der Waals surface area (Å²) in [5.74, 6) is -1.32. The number of aliphatic hydroxyl groups excluding tert-OH is 2. The lowest BCUT2D eigenvalue weighted by Gasteiger charge is -2.40. The second-order valence-corrected chi connectivity index (χ2v) is 7.81. The molecule has 4 atom stereocenters. The molecule has 2 rings (SSSR count). The average molecular weight is 391 g/mol. The maximum Gasteiger partial charge on any atom is 0.328 e. The Labute approximate surface area is 165 Å². The van der Waals surface area contributed by atoms with Crippen LogP contribution >= 0.6 is 0 Å². The molecule has 0 saturated carbocycles. The number of carbonyl (C=O) groups excluding carboxylic acids is 1. The lowest BCUT2D eigenvalue weighted by Crippen LogP contribution is -2.49. The summed E-state index contributed by atoms with van der Waals surface area (Å²) in [6.07, 6.45) is 1.93. The molecule has 1 aromatic rings. The van der Waals surface area contributed by atoms with Crippen LogP contribution < -0.4 is 10.1 Å². The lowest BCUT2D eigenvalue weighted by atomic mass is 9.85. The molecule has 154 valence electrons. The lowest BCUT2D eigenvalue weighted by molar-refractivity contribution is -0.141. The highest BCUT2D eigenvalue weighted by Crippen LogP contribution is 2.36. The van der Waals surface area contributed by atoms with Gasteiger partial charge in [0.1, 0.15) is 11.4 Å². The predicted octanol–water partition coefficient (Wildman–Crippen LogP) is 2.05. The van der Waals surface area contributed by atoms with Gasteiger partial charge in [0, 0.05) is 12.0 Å². The van der Waals surface area contributed by atoms with Gasteiger partial charge in [0.15, 0.2) is 6.04 Å². The molecule has 7 heteroatoms. The normalized spacial score (nSPS) is 23.0. The molecular weight excluding hydrogens is 362 g/mol. The topological polar surface area (TPSA) is 116 Å². The Balaban J connectivity index is 2.16. The maximum absolute atomic E-state index is 12.4. The third-order valence-electron chi connectivity index (χ3n) is 5.01. The fraction of sp³-hybridized carbons (Fsp3) is 0.524. The van der Waals surface area contributed by atoms with E-state index in [-0.39, 0.29) is 5.56 Å². The second kappa shape index (κ2) is 8.75. The average Bonchev–Trinajstić information content (AvgIpc) is 2.59. The summed E-state index contributed by atoms with van der Waals surface area (Å²) in [6.45, 7) is 7.22. The molecule has 1 aliphatic heterocycles. The summed E-state index contributed by atoms with van der Waals surface area (Å²) >= 11 is 0. The van der Waals surface area contributed by atoms with Crippen molar-refractivity contribution in [2.75, 3.05) is 0 Å². The number of benzene rings is 1. The highest BCUT2D eigenvalue weighted by atomic mass is 16.5. The number of hydrogen-bond donors (Lipinski definition) is 4. The van der Waals surface area contributed by atoms with E-state index in [0.717, 1.165) is 6.42 Å². The SMILES string of the molecule is CC(C)=CCCC1(C)Oc2ccc(C(=O)NC(C(=O)O)C(C)O)cc2CC1O. The van der Waals surface area contributed by atoms with Gasteiger partial charge in [-0.05, 0) is 64.3 Å². The molecule has 1 heterocycles. The van der Waals surface area contributed by atoms with Gasteiger partial charge in [-0.25, -0.2) is 4.79 Å². The number of carboxylic acid groups (broad SMARTS) is 1. The van der Waals surface area contributed by atoms with Crippen molar-refractivity contribution < 1.29 is 29.6 Å². The van der Waals surface area contributed by atoms with Gasteiger partial charge in [0.25, 0.3) is 5.91 Å². The third-order valence-corrected chi connectivity index (χ3v) is 5.01. The number of ether oxygens (including phenoxy) is 1. The largest absolute Gasteiger partial charge is 0.485 e. The molecule has 28 heavy (non-hydrogen) atoms. The quantitative estimate of drug-likeness (QED) is 0.529. The monoisotopic (exact) mass is 391 g/mol.